The first-order chi connectivity index (χ1) is 7.11. The van der Waals surface area contributed by atoms with Crippen molar-refractivity contribution >= 4 is 0 Å². The Bertz CT molecular complexity index is 289. The largest absolute Gasteiger partial charge is 0.328 e. The summed E-state index contributed by atoms with van der Waals surface area (Å²) in [6.07, 6.45) is 5.99. The SMILES string of the molecule is CCC(CC)(CN)n1cncc1C(C)C. The first-order valence-electron chi connectivity index (χ1n) is 5.84. The molecule has 0 saturated heterocycles. The molecule has 0 atom stereocenters. The third-order valence-corrected chi connectivity index (χ3v) is 3.47. The monoisotopic (exact) mass is 209 g/mol. The van der Waals surface area contributed by atoms with Crippen molar-refractivity contribution in [2.75, 3.05) is 6.54 Å². The lowest BCUT2D eigenvalue weighted by molar-refractivity contribution is 0.262. The van der Waals surface area contributed by atoms with Gasteiger partial charge >= 0.3 is 0 Å². The van der Waals surface area contributed by atoms with Crippen molar-refractivity contribution in [1.82, 2.24) is 9.55 Å². The Kier molecular flexibility index (Phi) is 3.91. The van der Waals surface area contributed by atoms with Crippen LogP contribution in [-0.2, 0) is 5.54 Å². The summed E-state index contributed by atoms with van der Waals surface area (Å²) in [5.41, 5.74) is 7.27. The average Bonchev–Trinajstić information content (AvgIpc) is 2.71. The van der Waals surface area contributed by atoms with Gasteiger partial charge in [-0.2, -0.15) is 0 Å². The third-order valence-electron chi connectivity index (χ3n) is 3.47. The molecule has 0 bridgehead atoms. The van der Waals surface area contributed by atoms with Gasteiger partial charge in [-0.1, -0.05) is 27.7 Å². The summed E-state index contributed by atoms with van der Waals surface area (Å²) in [6, 6.07) is 0. The Hall–Kier alpha value is -0.830. The standard InChI is InChI=1S/C12H23N3/c1-5-12(6-2,8-13)15-9-14-7-11(15)10(3)4/h7,9-10H,5-6,8,13H2,1-4H3. The van der Waals surface area contributed by atoms with Crippen molar-refractivity contribution in [2.24, 2.45) is 5.73 Å². The third kappa shape index (κ3) is 2.07. The lowest BCUT2D eigenvalue weighted by Gasteiger charge is -2.34. The highest BCUT2D eigenvalue weighted by Gasteiger charge is 2.28. The fourth-order valence-corrected chi connectivity index (χ4v) is 2.11. The van der Waals surface area contributed by atoms with E-state index in [0.29, 0.717) is 12.5 Å². The zero-order valence-electron chi connectivity index (χ0n) is 10.3. The van der Waals surface area contributed by atoms with E-state index in [2.05, 4.69) is 37.2 Å². The van der Waals surface area contributed by atoms with Crippen LogP contribution < -0.4 is 5.73 Å². The van der Waals surface area contributed by atoms with E-state index in [1.54, 1.807) is 0 Å². The summed E-state index contributed by atoms with van der Waals surface area (Å²) < 4.78 is 2.28. The molecule has 0 radical (unpaired) electrons. The minimum atomic E-state index is 0.0517. The van der Waals surface area contributed by atoms with E-state index in [-0.39, 0.29) is 5.54 Å². The molecule has 0 amide bonds. The van der Waals surface area contributed by atoms with Gasteiger partial charge < -0.3 is 10.3 Å². The maximum atomic E-state index is 5.94. The van der Waals surface area contributed by atoms with Crippen molar-refractivity contribution in [1.29, 1.82) is 0 Å². The molecule has 2 N–H and O–H groups in total. The highest BCUT2D eigenvalue weighted by atomic mass is 15.1. The molecule has 0 aliphatic rings. The summed E-state index contributed by atoms with van der Waals surface area (Å²) in [5, 5.41) is 0. The van der Waals surface area contributed by atoms with Gasteiger partial charge in [0, 0.05) is 18.4 Å². The van der Waals surface area contributed by atoms with Gasteiger partial charge in [-0.15, -0.1) is 0 Å². The quantitative estimate of drug-likeness (QED) is 0.809. The van der Waals surface area contributed by atoms with E-state index in [4.69, 9.17) is 5.73 Å². The Morgan fingerprint density at radius 1 is 1.40 bits per heavy atom. The molecule has 86 valence electrons. The summed E-state index contributed by atoms with van der Waals surface area (Å²) in [6.45, 7) is 9.46. The minimum absolute atomic E-state index is 0.0517. The smallest absolute Gasteiger partial charge is 0.0953 e. The fraction of sp³-hybridized carbons (Fsp3) is 0.750. The maximum Gasteiger partial charge on any atom is 0.0953 e. The first kappa shape index (κ1) is 12.2. The highest BCUT2D eigenvalue weighted by Crippen LogP contribution is 2.28. The van der Waals surface area contributed by atoms with Crippen molar-refractivity contribution in [3.63, 3.8) is 0 Å². The van der Waals surface area contributed by atoms with E-state index in [0.717, 1.165) is 12.8 Å². The molecule has 0 saturated carbocycles. The van der Waals surface area contributed by atoms with Gasteiger partial charge in [0.15, 0.2) is 0 Å². The van der Waals surface area contributed by atoms with Crippen LogP contribution in [0.1, 0.15) is 52.1 Å². The molecular formula is C12H23N3. The Balaban J connectivity index is 3.16. The van der Waals surface area contributed by atoms with Crippen LogP contribution >= 0.6 is 0 Å². The molecule has 3 nitrogen and oxygen atoms in total. The summed E-state index contributed by atoms with van der Waals surface area (Å²) >= 11 is 0. The number of nitrogens with two attached hydrogens (primary N) is 1. The molecule has 1 aromatic heterocycles. The van der Waals surface area contributed by atoms with Crippen molar-refractivity contribution in [2.45, 2.75) is 52.0 Å². The predicted octanol–water partition coefficient (Wildman–Crippen LogP) is 2.48. The molecule has 0 fully saturated rings. The first-order valence-corrected chi connectivity index (χ1v) is 5.84. The Labute approximate surface area is 92.7 Å². The van der Waals surface area contributed by atoms with E-state index in [1.165, 1.54) is 5.69 Å². The predicted molar refractivity (Wildman–Crippen MR) is 63.9 cm³/mol. The van der Waals surface area contributed by atoms with Crippen LogP contribution in [0.2, 0.25) is 0 Å². The van der Waals surface area contributed by atoms with Crippen LogP contribution in [0.4, 0.5) is 0 Å². The summed E-state index contributed by atoms with van der Waals surface area (Å²) in [5.74, 6) is 0.497. The number of hydrogen-bond donors (Lipinski definition) is 1. The molecular weight excluding hydrogens is 186 g/mol. The second-order valence-corrected chi connectivity index (χ2v) is 4.48. The van der Waals surface area contributed by atoms with Gasteiger partial charge in [0.05, 0.1) is 11.9 Å². The Morgan fingerprint density at radius 3 is 2.40 bits per heavy atom. The molecule has 3 heteroatoms. The minimum Gasteiger partial charge on any atom is -0.328 e. The van der Waals surface area contributed by atoms with Gasteiger partial charge in [-0.3, -0.25) is 0 Å². The van der Waals surface area contributed by atoms with E-state index in [1.807, 2.05) is 12.5 Å². The summed E-state index contributed by atoms with van der Waals surface area (Å²) in [7, 11) is 0. The number of hydrogen-bond acceptors (Lipinski definition) is 2. The topological polar surface area (TPSA) is 43.8 Å². The zero-order valence-corrected chi connectivity index (χ0v) is 10.3. The van der Waals surface area contributed by atoms with E-state index < -0.39 is 0 Å². The van der Waals surface area contributed by atoms with Gasteiger partial charge in [-0.05, 0) is 18.8 Å². The fourth-order valence-electron chi connectivity index (χ4n) is 2.11. The van der Waals surface area contributed by atoms with Gasteiger partial charge in [0.1, 0.15) is 0 Å². The molecule has 0 spiro atoms. The molecule has 0 unspecified atom stereocenters. The van der Waals surface area contributed by atoms with Crippen molar-refractivity contribution < 1.29 is 0 Å². The molecule has 15 heavy (non-hydrogen) atoms. The van der Waals surface area contributed by atoms with Gasteiger partial charge in [0.2, 0.25) is 0 Å². The number of rotatable bonds is 5. The number of aromatic nitrogens is 2. The second-order valence-electron chi connectivity index (χ2n) is 4.48. The summed E-state index contributed by atoms with van der Waals surface area (Å²) in [4.78, 5) is 4.26. The molecule has 0 aliphatic heterocycles. The molecule has 1 aromatic rings. The lowest BCUT2D eigenvalue weighted by Crippen LogP contribution is -2.40. The number of imidazole rings is 1. The van der Waals surface area contributed by atoms with E-state index >= 15 is 0 Å². The van der Waals surface area contributed by atoms with Crippen LogP contribution in [0.5, 0.6) is 0 Å². The normalized spacial score (nSPS) is 12.4. The lowest BCUT2D eigenvalue weighted by atomic mass is 9.91. The highest BCUT2D eigenvalue weighted by molar-refractivity contribution is 5.08. The van der Waals surface area contributed by atoms with Crippen LogP contribution in [-0.4, -0.2) is 16.1 Å². The van der Waals surface area contributed by atoms with Gasteiger partial charge in [-0.25, -0.2) is 4.98 Å². The van der Waals surface area contributed by atoms with Crippen LogP contribution in [0, 0.1) is 0 Å². The van der Waals surface area contributed by atoms with Crippen molar-refractivity contribution in [3.8, 4) is 0 Å². The van der Waals surface area contributed by atoms with Crippen LogP contribution in [0.15, 0.2) is 12.5 Å². The molecule has 1 rings (SSSR count). The van der Waals surface area contributed by atoms with Gasteiger partial charge in [0.25, 0.3) is 0 Å². The zero-order chi connectivity index (χ0) is 11.5. The Morgan fingerprint density at radius 2 is 2.00 bits per heavy atom. The maximum absolute atomic E-state index is 5.94. The second kappa shape index (κ2) is 4.79. The molecule has 0 aromatic carbocycles. The molecule has 0 aliphatic carbocycles. The average molecular weight is 209 g/mol. The molecule has 1 heterocycles. The van der Waals surface area contributed by atoms with Crippen LogP contribution in [0.3, 0.4) is 0 Å². The number of nitrogens with zero attached hydrogens (tertiary/aromatic N) is 2. The van der Waals surface area contributed by atoms with Crippen molar-refractivity contribution in [3.05, 3.63) is 18.2 Å². The van der Waals surface area contributed by atoms with E-state index in [9.17, 15) is 0 Å². The van der Waals surface area contributed by atoms with Crippen LogP contribution in [0.25, 0.3) is 0 Å².